The van der Waals surface area contributed by atoms with Crippen molar-refractivity contribution in [3.63, 3.8) is 0 Å². The molecular formula is C17H15IN4. The molecule has 5 heteroatoms. The highest BCUT2D eigenvalue weighted by Gasteiger charge is 2.20. The molecule has 0 spiro atoms. The van der Waals surface area contributed by atoms with Crippen molar-refractivity contribution in [1.82, 2.24) is 9.55 Å². The molecule has 4 nitrogen and oxygen atoms in total. The molecule has 1 aliphatic heterocycles. The van der Waals surface area contributed by atoms with Crippen LogP contribution in [-0.2, 0) is 6.54 Å². The summed E-state index contributed by atoms with van der Waals surface area (Å²) in [5, 5.41) is 6.05. The monoisotopic (exact) mass is 402 g/mol. The summed E-state index contributed by atoms with van der Waals surface area (Å²) in [4.78, 5) is 8.82. The maximum absolute atomic E-state index is 4.76. The number of hydrogen-bond donors (Lipinski definition) is 1. The van der Waals surface area contributed by atoms with E-state index < -0.39 is 0 Å². The highest BCUT2D eigenvalue weighted by Crippen LogP contribution is 2.35. The molecule has 0 bridgehead atoms. The SMILES string of the molecule is Ic1ccc2c3c(cccc13)/C(=N\CCCn1ccnc1)N2. The van der Waals surface area contributed by atoms with Crippen LogP contribution in [0.5, 0.6) is 0 Å². The Hall–Kier alpha value is -1.89. The molecule has 0 saturated heterocycles. The van der Waals surface area contributed by atoms with Gasteiger partial charge < -0.3 is 9.88 Å². The van der Waals surface area contributed by atoms with Crippen molar-refractivity contribution >= 4 is 44.9 Å². The highest BCUT2D eigenvalue weighted by atomic mass is 127. The number of hydrogen-bond acceptors (Lipinski definition) is 2. The van der Waals surface area contributed by atoms with Crippen LogP contribution < -0.4 is 5.32 Å². The number of aryl methyl sites for hydroxylation is 1. The topological polar surface area (TPSA) is 42.2 Å². The van der Waals surface area contributed by atoms with Gasteiger partial charge in [0.15, 0.2) is 0 Å². The Kier molecular flexibility index (Phi) is 3.57. The Morgan fingerprint density at radius 2 is 2.18 bits per heavy atom. The number of imidazole rings is 1. The van der Waals surface area contributed by atoms with Crippen LogP contribution >= 0.6 is 22.6 Å². The molecule has 0 amide bonds. The number of aromatic nitrogens is 2. The van der Waals surface area contributed by atoms with E-state index in [1.54, 1.807) is 0 Å². The number of nitrogens with one attached hydrogen (secondary N) is 1. The number of rotatable bonds is 4. The van der Waals surface area contributed by atoms with Crippen molar-refractivity contribution in [3.8, 4) is 0 Å². The third-order valence-electron chi connectivity index (χ3n) is 3.90. The molecule has 0 fully saturated rings. The van der Waals surface area contributed by atoms with Gasteiger partial charge in [0.2, 0.25) is 0 Å². The fourth-order valence-corrected chi connectivity index (χ4v) is 3.48. The number of anilines is 1. The van der Waals surface area contributed by atoms with Crippen LogP contribution in [-0.4, -0.2) is 21.9 Å². The van der Waals surface area contributed by atoms with Crippen molar-refractivity contribution in [1.29, 1.82) is 0 Å². The van der Waals surface area contributed by atoms with Crippen LogP contribution in [0.2, 0.25) is 0 Å². The van der Waals surface area contributed by atoms with Crippen LogP contribution in [0.15, 0.2) is 54.0 Å². The molecule has 0 unspecified atom stereocenters. The first kappa shape index (κ1) is 13.8. The van der Waals surface area contributed by atoms with E-state index in [1.165, 1.54) is 25.6 Å². The van der Waals surface area contributed by atoms with E-state index in [0.717, 1.165) is 25.3 Å². The van der Waals surface area contributed by atoms with Gasteiger partial charge in [-0.2, -0.15) is 0 Å². The Labute approximate surface area is 142 Å². The van der Waals surface area contributed by atoms with Gasteiger partial charge in [-0.3, -0.25) is 4.99 Å². The van der Waals surface area contributed by atoms with Gasteiger partial charge in [0, 0.05) is 45.7 Å². The Balaban J connectivity index is 1.56. The minimum atomic E-state index is 0.808. The molecule has 1 N–H and O–H groups in total. The summed E-state index contributed by atoms with van der Waals surface area (Å²) in [6.07, 6.45) is 6.65. The lowest BCUT2D eigenvalue weighted by atomic mass is 10.1. The predicted molar refractivity (Wildman–Crippen MR) is 98.5 cm³/mol. The molecule has 0 radical (unpaired) electrons. The molecule has 3 aromatic rings. The summed E-state index contributed by atoms with van der Waals surface area (Å²) in [7, 11) is 0. The molecular weight excluding hydrogens is 387 g/mol. The zero-order valence-corrected chi connectivity index (χ0v) is 14.1. The maximum Gasteiger partial charge on any atom is 0.133 e. The van der Waals surface area contributed by atoms with Gasteiger partial charge in [-0.05, 0) is 46.5 Å². The first-order valence-electron chi connectivity index (χ1n) is 7.32. The van der Waals surface area contributed by atoms with Crippen molar-refractivity contribution in [2.75, 3.05) is 11.9 Å². The van der Waals surface area contributed by atoms with Gasteiger partial charge in [0.05, 0.1) is 6.33 Å². The number of halogens is 1. The summed E-state index contributed by atoms with van der Waals surface area (Å²) < 4.78 is 3.36. The number of benzene rings is 2. The molecule has 0 saturated carbocycles. The molecule has 4 rings (SSSR count). The van der Waals surface area contributed by atoms with Gasteiger partial charge in [-0.1, -0.05) is 18.2 Å². The van der Waals surface area contributed by atoms with Crippen LogP contribution in [0.25, 0.3) is 10.8 Å². The fraction of sp³-hybridized carbons (Fsp3) is 0.176. The molecule has 2 heterocycles. The number of nitrogens with zero attached hydrogens (tertiary/aromatic N) is 3. The van der Waals surface area contributed by atoms with Crippen LogP contribution in [0.1, 0.15) is 12.0 Å². The van der Waals surface area contributed by atoms with Crippen LogP contribution in [0.3, 0.4) is 0 Å². The second kappa shape index (κ2) is 5.72. The van der Waals surface area contributed by atoms with E-state index in [2.05, 4.69) is 67.8 Å². The summed E-state index contributed by atoms with van der Waals surface area (Å²) >= 11 is 2.39. The van der Waals surface area contributed by atoms with Crippen LogP contribution in [0.4, 0.5) is 5.69 Å². The first-order valence-corrected chi connectivity index (χ1v) is 8.39. The fourth-order valence-electron chi connectivity index (χ4n) is 2.86. The van der Waals surface area contributed by atoms with E-state index in [4.69, 9.17) is 4.99 Å². The normalized spacial score (nSPS) is 14.7. The van der Waals surface area contributed by atoms with E-state index in [9.17, 15) is 0 Å². The number of aliphatic imine (C=N–C) groups is 1. The highest BCUT2D eigenvalue weighted by molar-refractivity contribution is 14.1. The third-order valence-corrected chi connectivity index (χ3v) is 4.84. The molecule has 2 aromatic carbocycles. The van der Waals surface area contributed by atoms with Gasteiger partial charge >= 0.3 is 0 Å². The summed E-state index contributed by atoms with van der Waals surface area (Å²) in [6.45, 7) is 1.76. The van der Waals surface area contributed by atoms with Crippen molar-refractivity contribution in [2.24, 2.45) is 4.99 Å². The molecule has 1 aliphatic rings. The van der Waals surface area contributed by atoms with Gasteiger partial charge in [0.25, 0.3) is 0 Å². The lowest BCUT2D eigenvalue weighted by Gasteiger charge is -2.02. The Morgan fingerprint density at radius 3 is 3.05 bits per heavy atom. The van der Waals surface area contributed by atoms with Gasteiger partial charge in [-0.25, -0.2) is 4.98 Å². The van der Waals surface area contributed by atoms with Crippen molar-refractivity contribution < 1.29 is 0 Å². The standard InChI is InChI=1S/C17H15IN4/c18-14-5-6-15-16-12(14)3-1-4-13(16)17(21-15)20-7-2-9-22-10-8-19-11-22/h1,3-6,8,10-11H,2,7,9H2,(H,20,21). The summed E-state index contributed by atoms with van der Waals surface area (Å²) in [5.74, 6) is 0.994. The molecule has 1 aromatic heterocycles. The molecule has 0 aliphatic carbocycles. The predicted octanol–water partition coefficient (Wildman–Crippen LogP) is 3.90. The average molecular weight is 402 g/mol. The minimum Gasteiger partial charge on any atom is -0.339 e. The summed E-state index contributed by atoms with van der Waals surface area (Å²) in [6, 6.07) is 10.7. The molecule has 110 valence electrons. The first-order chi connectivity index (χ1) is 10.8. The van der Waals surface area contributed by atoms with Crippen LogP contribution in [0, 0.1) is 3.57 Å². The zero-order valence-electron chi connectivity index (χ0n) is 12.0. The zero-order chi connectivity index (χ0) is 14.9. The third kappa shape index (κ3) is 2.39. The minimum absolute atomic E-state index is 0.808. The molecule has 0 atom stereocenters. The van der Waals surface area contributed by atoms with Crippen molar-refractivity contribution in [3.05, 3.63) is 58.2 Å². The summed E-state index contributed by atoms with van der Waals surface area (Å²) in [5.41, 5.74) is 2.38. The largest absolute Gasteiger partial charge is 0.339 e. The Morgan fingerprint density at radius 1 is 1.23 bits per heavy atom. The smallest absolute Gasteiger partial charge is 0.133 e. The average Bonchev–Trinajstić information content (AvgIpc) is 3.17. The quantitative estimate of drug-likeness (QED) is 0.531. The second-order valence-electron chi connectivity index (χ2n) is 5.33. The van der Waals surface area contributed by atoms with Gasteiger partial charge in [-0.15, -0.1) is 0 Å². The van der Waals surface area contributed by atoms with E-state index in [1.807, 2.05) is 18.7 Å². The van der Waals surface area contributed by atoms with E-state index in [-0.39, 0.29) is 0 Å². The number of amidine groups is 1. The lowest BCUT2D eigenvalue weighted by Crippen LogP contribution is -2.08. The molecule has 22 heavy (non-hydrogen) atoms. The van der Waals surface area contributed by atoms with Crippen molar-refractivity contribution in [2.45, 2.75) is 13.0 Å². The Bertz CT molecular complexity index is 852. The lowest BCUT2D eigenvalue weighted by molar-refractivity contribution is 0.651. The maximum atomic E-state index is 4.76. The second-order valence-corrected chi connectivity index (χ2v) is 6.49. The van der Waals surface area contributed by atoms with Gasteiger partial charge in [0.1, 0.15) is 5.84 Å². The van der Waals surface area contributed by atoms with E-state index >= 15 is 0 Å². The van der Waals surface area contributed by atoms with E-state index in [0.29, 0.717) is 0 Å².